The minimum atomic E-state index is -2.75. The van der Waals surface area contributed by atoms with Crippen molar-refractivity contribution in [3.8, 4) is 0 Å². The SMILES string of the molecule is CC(=O)N[C@H]1[C@H](O[C@H]2[C@H](O)[C@@H](NC(C)=O)C(O)O[C@@H]2CO)O[C@H](CO)[C@@H](O[C@@H]2O[C@H](CO[C@H]3O[C@H](CO[C@H]4O[C@H](CO)[C@@H](O)[C@H](O)[C@@H]4O[C@H]4O[C@H](CO)[C@@H](O)[C@H](O)[C@@H]4O)[C@@H](O)[C@H](O[C@H]4O[C@H](CO)[C@@H](O)[C@H](O)[C@@H]4O[C@H]4O[C@H](CO)[C@@H](O)[C@H](O)[C@@H]4O)[C@@H]3O)[C@@H](O)[C@H](O[C@H]3O[C@H](CO)[C@@H](O)[C@H](O)[C@@H]3O[C@H]3O[C@H](CO)[C@@H](O)[C@H](O)[C@@H]3O[C@H]3O[C@H](CO)[C@@H](O)[C@H](O[C@H]4O[C@H](CO)[C@H](O)[C@H](O)[C@H]4O)[C@@H]3O)[C@@H]2O)[C@@H]1O. The van der Waals surface area contributed by atoms with Gasteiger partial charge in [0.2, 0.25) is 11.8 Å². The Hall–Kier alpha value is -3.42. The number of carbonyl (C=O) groups is 2. The Labute approximate surface area is 784 Å². The summed E-state index contributed by atoms with van der Waals surface area (Å²) in [5.41, 5.74) is 0. The standard InChI is InChI=1S/C76H128N2O61/c1-15(89)77-29-41(101)56(25(11-87)119-65(29)116)131-66-30(78-16(2)90)42(102)57(26(12-88)128-66)132-72-55(115)60(135-75-64(49(109)37(97)22(8-84)126-75)139-76-63(48(108)36(96)23(9-85)127-76)138-71-54(114)58(38(98)24(10-86)123-71)133-68-50(110)43(103)31(91)17(3-79)120-68)40(100)28(130-72)13-117-67-53(113)59(134-74-62(47(107)35(95)21(7-83)125-74)137-70-52(112)45(105)33(93)19(5-81)122-70)39(99)27(129-67)14-118-73-61(46(106)34(94)20(6-82)124-73)136-69-51(111)44(104)32(92)18(4-80)121-69/h17-76,79-88,91-116H,3-14H2,1-2H3,(H,77,89)(H,78,90)/t17-,18-,19-,20-,21-,22-,23-,24-,25-,26-,27-,28-,29-,30-,31+,32-,33-,34-,35-,36-,37-,38-,39-,40-,41-,42-,43+,44+,45+,46+,47+,48+,49+,50-,51+,52+,53+,54+,55+,56-,57-,58+,59+,60+,61+,62+,63+,64+,65?,66+,67+,68-,69-,70-,71-,72+,73+,74-,75-,76-/m1/s1. The number of hydrogen-bond acceptors (Lipinski definition) is 61. The smallest absolute Gasteiger partial charge is 0.217 e. The van der Waals surface area contributed by atoms with Crippen LogP contribution in [-0.4, -0.2) is 643 Å². The van der Waals surface area contributed by atoms with Crippen molar-refractivity contribution in [3.63, 3.8) is 0 Å². The molecule has 12 rings (SSSR count). The molecule has 0 aliphatic carbocycles. The number of carbonyl (C=O) groups excluding carboxylic acids is 2. The highest BCUT2D eigenvalue weighted by Crippen LogP contribution is 2.43. The zero-order valence-corrected chi connectivity index (χ0v) is 73.4. The average Bonchev–Trinajstić information content (AvgIpc) is 0.782. The molecule has 0 spiro atoms. The van der Waals surface area contributed by atoms with Crippen LogP contribution in [0.3, 0.4) is 0 Å². The normalized spacial score (nSPS) is 51.9. The molecule has 139 heavy (non-hydrogen) atoms. The Bertz CT molecular complexity index is 3730. The molecule has 808 valence electrons. The quantitative estimate of drug-likeness (QED) is 0.0277. The molecule has 60 atom stereocenters. The second-order valence-electron chi connectivity index (χ2n) is 35.2. The number of aliphatic hydroxyl groups is 36. The Balaban J connectivity index is 0.905. The van der Waals surface area contributed by atoms with E-state index < -0.39 is 459 Å². The fraction of sp³-hybridized carbons (Fsp3) is 0.974. The van der Waals surface area contributed by atoms with E-state index in [0.717, 1.165) is 13.8 Å². The van der Waals surface area contributed by atoms with E-state index in [0.29, 0.717) is 0 Å². The van der Waals surface area contributed by atoms with Gasteiger partial charge in [0.1, 0.15) is 293 Å². The van der Waals surface area contributed by atoms with Crippen LogP contribution in [-0.2, 0) is 119 Å². The zero-order chi connectivity index (χ0) is 102. The van der Waals surface area contributed by atoms with E-state index >= 15 is 0 Å². The molecule has 63 nitrogen and oxygen atoms in total. The molecule has 12 heterocycles. The Morgan fingerprint density at radius 1 is 0.187 bits per heavy atom. The highest BCUT2D eigenvalue weighted by atomic mass is 16.8. The fourth-order valence-electron chi connectivity index (χ4n) is 17.9. The van der Waals surface area contributed by atoms with E-state index in [1.807, 2.05) is 0 Å². The van der Waals surface area contributed by atoms with E-state index in [2.05, 4.69) is 10.6 Å². The summed E-state index contributed by atoms with van der Waals surface area (Å²) in [6.07, 6.45) is -130. The van der Waals surface area contributed by atoms with Gasteiger partial charge in [-0.25, -0.2) is 0 Å². The average molecular weight is 2050 g/mol. The lowest BCUT2D eigenvalue weighted by Crippen LogP contribution is -2.70. The topological polar surface area (TPSA) is 999 Å². The first-order chi connectivity index (χ1) is 65.9. The van der Waals surface area contributed by atoms with E-state index in [9.17, 15) is 193 Å². The monoisotopic (exact) mass is 2040 g/mol. The van der Waals surface area contributed by atoms with Crippen LogP contribution < -0.4 is 10.6 Å². The number of ether oxygens (including phenoxy) is 23. The van der Waals surface area contributed by atoms with Gasteiger partial charge in [0.05, 0.1) is 79.3 Å². The molecule has 38 N–H and O–H groups in total. The maximum absolute atomic E-state index is 13.2. The van der Waals surface area contributed by atoms with E-state index in [-0.39, 0.29) is 0 Å². The number of nitrogens with one attached hydrogen (secondary N) is 2. The van der Waals surface area contributed by atoms with Gasteiger partial charge < -0.3 is 303 Å². The third kappa shape index (κ3) is 24.5. The van der Waals surface area contributed by atoms with Gasteiger partial charge in [-0.1, -0.05) is 0 Å². The second-order valence-corrected chi connectivity index (χ2v) is 35.2. The summed E-state index contributed by atoms with van der Waals surface area (Å²) in [5, 5.41) is 408. The van der Waals surface area contributed by atoms with Crippen molar-refractivity contribution in [2.24, 2.45) is 0 Å². The third-order valence-electron chi connectivity index (χ3n) is 25.9. The molecule has 0 aromatic rings. The Kier molecular flexibility index (Phi) is 41.0. The van der Waals surface area contributed by atoms with Crippen LogP contribution >= 0.6 is 0 Å². The lowest BCUT2D eigenvalue weighted by molar-refractivity contribution is -0.411. The largest absolute Gasteiger partial charge is 0.394 e. The van der Waals surface area contributed by atoms with Crippen molar-refractivity contribution >= 4 is 11.8 Å². The van der Waals surface area contributed by atoms with Crippen LogP contribution in [0.4, 0.5) is 0 Å². The Morgan fingerprint density at radius 2 is 0.396 bits per heavy atom. The molecule has 0 aromatic heterocycles. The maximum Gasteiger partial charge on any atom is 0.217 e. The van der Waals surface area contributed by atoms with Crippen LogP contribution in [0.5, 0.6) is 0 Å². The minimum absolute atomic E-state index is 0.840. The lowest BCUT2D eigenvalue weighted by atomic mass is 9.94. The predicted octanol–water partition coefficient (Wildman–Crippen LogP) is -26.9. The molecular weight excluding hydrogens is 1920 g/mol. The molecular formula is C76H128N2O61. The molecule has 1 unspecified atom stereocenters. The van der Waals surface area contributed by atoms with E-state index in [1.54, 1.807) is 0 Å². The molecule has 12 fully saturated rings. The van der Waals surface area contributed by atoms with Gasteiger partial charge >= 0.3 is 0 Å². The fourth-order valence-corrected chi connectivity index (χ4v) is 17.9. The van der Waals surface area contributed by atoms with Crippen LogP contribution in [0.2, 0.25) is 0 Å². The van der Waals surface area contributed by atoms with Gasteiger partial charge in [-0.05, 0) is 0 Å². The van der Waals surface area contributed by atoms with Crippen molar-refractivity contribution in [3.05, 3.63) is 0 Å². The molecule has 0 bridgehead atoms. The summed E-state index contributed by atoms with van der Waals surface area (Å²) < 4.78 is 136. The second kappa shape index (κ2) is 49.8. The minimum Gasteiger partial charge on any atom is -0.394 e. The summed E-state index contributed by atoms with van der Waals surface area (Å²) in [5.74, 6) is -1.86. The van der Waals surface area contributed by atoms with Crippen molar-refractivity contribution in [2.45, 2.75) is 382 Å². The maximum atomic E-state index is 13.2. The van der Waals surface area contributed by atoms with Crippen LogP contribution in [0, 0.1) is 0 Å². The molecule has 0 radical (unpaired) electrons. The first kappa shape index (κ1) is 114. The lowest BCUT2D eigenvalue weighted by Gasteiger charge is -2.51. The van der Waals surface area contributed by atoms with E-state index in [1.165, 1.54) is 0 Å². The number of hydrogen-bond donors (Lipinski definition) is 38. The highest BCUT2D eigenvalue weighted by molar-refractivity contribution is 5.73. The molecule has 0 saturated carbocycles. The summed E-state index contributed by atoms with van der Waals surface area (Å²) >= 11 is 0. The van der Waals surface area contributed by atoms with Gasteiger partial charge in [0.25, 0.3) is 0 Å². The van der Waals surface area contributed by atoms with Crippen LogP contribution in [0.1, 0.15) is 13.8 Å². The Morgan fingerprint density at radius 3 is 0.734 bits per heavy atom. The number of aliphatic hydroxyl groups excluding tert-OH is 36. The van der Waals surface area contributed by atoms with Crippen molar-refractivity contribution in [1.29, 1.82) is 0 Å². The number of rotatable bonds is 36. The van der Waals surface area contributed by atoms with Gasteiger partial charge in [-0.3, -0.25) is 9.59 Å². The third-order valence-corrected chi connectivity index (χ3v) is 25.9. The van der Waals surface area contributed by atoms with Crippen molar-refractivity contribution in [1.82, 2.24) is 10.6 Å². The highest BCUT2D eigenvalue weighted by Gasteiger charge is 2.63. The molecule has 12 aliphatic heterocycles. The van der Waals surface area contributed by atoms with Crippen LogP contribution in [0.25, 0.3) is 0 Å². The van der Waals surface area contributed by atoms with E-state index in [4.69, 9.17) is 109 Å². The van der Waals surface area contributed by atoms with Gasteiger partial charge in [-0.15, -0.1) is 0 Å². The van der Waals surface area contributed by atoms with Gasteiger partial charge in [-0.2, -0.15) is 0 Å². The number of amides is 2. The first-order valence-electron chi connectivity index (χ1n) is 44.2. The van der Waals surface area contributed by atoms with Gasteiger partial charge in [0.15, 0.2) is 75.5 Å². The zero-order valence-electron chi connectivity index (χ0n) is 73.4. The molecule has 12 aliphatic rings. The van der Waals surface area contributed by atoms with Crippen LogP contribution in [0.15, 0.2) is 0 Å². The molecule has 63 heteroatoms. The first-order valence-corrected chi connectivity index (χ1v) is 44.2. The molecule has 0 aromatic carbocycles. The van der Waals surface area contributed by atoms with Gasteiger partial charge in [0, 0.05) is 13.8 Å². The van der Waals surface area contributed by atoms with Crippen molar-refractivity contribution in [2.75, 3.05) is 79.3 Å². The summed E-state index contributed by atoms with van der Waals surface area (Å²) in [7, 11) is 0. The summed E-state index contributed by atoms with van der Waals surface area (Å²) in [6, 6.07) is -3.77. The predicted molar refractivity (Wildman–Crippen MR) is 418 cm³/mol. The van der Waals surface area contributed by atoms with Crippen molar-refractivity contribution < 1.29 is 302 Å². The summed E-state index contributed by atoms with van der Waals surface area (Å²) in [4.78, 5) is 25.5. The molecule has 2 amide bonds. The molecule has 12 saturated heterocycles. The summed E-state index contributed by atoms with van der Waals surface area (Å²) in [6.45, 7) is -12.4.